The molecule has 2 rings (SSSR count). The fourth-order valence-corrected chi connectivity index (χ4v) is 2.10. The summed E-state index contributed by atoms with van der Waals surface area (Å²) < 4.78 is 0. The molecule has 17 heavy (non-hydrogen) atoms. The largest absolute Gasteiger partial charge is 0.508 e. The maximum atomic E-state index is 10.5. The Morgan fingerprint density at radius 1 is 1.41 bits per heavy atom. The molecule has 0 radical (unpaired) electrons. The number of rotatable bonds is 4. The van der Waals surface area contributed by atoms with E-state index in [1.165, 1.54) is 0 Å². The monoisotopic (exact) mass is 250 g/mol. The highest BCUT2D eigenvalue weighted by Crippen LogP contribution is 2.23. The van der Waals surface area contributed by atoms with Crippen LogP contribution in [0.25, 0.3) is 0 Å². The molecule has 0 saturated carbocycles. The van der Waals surface area contributed by atoms with Crippen molar-refractivity contribution in [2.24, 2.45) is 0 Å². The van der Waals surface area contributed by atoms with Gasteiger partial charge in [-0.1, -0.05) is 17.4 Å². The smallest absolute Gasteiger partial charge is 0.324 e. The number of nitrogens with zero attached hydrogens (tertiary/aromatic N) is 1. The molecule has 1 aromatic carbocycles. The van der Waals surface area contributed by atoms with E-state index in [9.17, 15) is 15.2 Å². The molecule has 0 spiro atoms. The maximum Gasteiger partial charge on any atom is 0.324 e. The second kappa shape index (κ2) is 4.84. The zero-order valence-corrected chi connectivity index (χ0v) is 9.61. The van der Waals surface area contributed by atoms with Crippen LogP contribution in [0.1, 0.15) is 5.56 Å². The Hall–Kier alpha value is -2.08. The fraction of sp³-hybridized carbons (Fsp3) is 0.0909. The molecule has 0 saturated heterocycles. The van der Waals surface area contributed by atoms with Crippen molar-refractivity contribution in [3.8, 4) is 5.75 Å². The number of nitro groups is 1. The summed E-state index contributed by atoms with van der Waals surface area (Å²) in [5.41, 5.74) is 1.63. The minimum atomic E-state index is -0.400. The summed E-state index contributed by atoms with van der Waals surface area (Å²) in [6.45, 7) is 0.494. The van der Waals surface area contributed by atoms with E-state index in [-0.39, 0.29) is 10.8 Å². The highest BCUT2D eigenvalue weighted by Gasteiger charge is 2.09. The van der Waals surface area contributed by atoms with E-state index in [1.54, 1.807) is 29.6 Å². The van der Waals surface area contributed by atoms with Gasteiger partial charge in [-0.15, -0.1) is 0 Å². The summed E-state index contributed by atoms with van der Waals surface area (Å²) in [5, 5.41) is 24.7. The third-order valence-electron chi connectivity index (χ3n) is 2.16. The summed E-state index contributed by atoms with van der Waals surface area (Å²) in [5.74, 6) is 0.186. The highest BCUT2D eigenvalue weighted by atomic mass is 32.1. The van der Waals surface area contributed by atoms with Crippen molar-refractivity contribution in [3.63, 3.8) is 0 Å². The van der Waals surface area contributed by atoms with E-state index in [1.807, 2.05) is 6.07 Å². The third-order valence-corrected chi connectivity index (χ3v) is 3.09. The zero-order chi connectivity index (χ0) is 12.3. The third kappa shape index (κ3) is 2.94. The maximum absolute atomic E-state index is 10.5. The lowest BCUT2D eigenvalue weighted by Crippen LogP contribution is -1.97. The van der Waals surface area contributed by atoms with Crippen LogP contribution in [-0.2, 0) is 6.54 Å². The molecule has 2 N–H and O–H groups in total. The second-order valence-corrected chi connectivity index (χ2v) is 4.34. The van der Waals surface area contributed by atoms with Crippen molar-refractivity contribution in [3.05, 3.63) is 51.4 Å². The van der Waals surface area contributed by atoms with Crippen molar-refractivity contribution in [1.82, 2.24) is 0 Å². The van der Waals surface area contributed by atoms with Gasteiger partial charge in [0.2, 0.25) is 0 Å². The Balaban J connectivity index is 2.00. The first-order valence-corrected chi connectivity index (χ1v) is 5.78. The standard InChI is InChI=1S/C11H10N2O3S/c14-10-3-1-2-9(5-10)12-6-8-4-11(13(15)16)17-7-8/h1-5,7,12,14H,6H2. The molecule has 0 aliphatic heterocycles. The van der Waals surface area contributed by atoms with Crippen molar-refractivity contribution in [2.75, 3.05) is 5.32 Å². The van der Waals surface area contributed by atoms with E-state index in [2.05, 4.69) is 5.32 Å². The molecule has 0 aliphatic rings. The molecule has 0 atom stereocenters. The predicted octanol–water partition coefficient (Wildman–Crippen LogP) is 2.97. The minimum Gasteiger partial charge on any atom is -0.508 e. The molecule has 88 valence electrons. The van der Waals surface area contributed by atoms with Crippen LogP contribution >= 0.6 is 11.3 Å². The summed E-state index contributed by atoms with van der Waals surface area (Å²) >= 11 is 1.11. The molecule has 0 amide bonds. The molecule has 1 heterocycles. The topological polar surface area (TPSA) is 75.4 Å². The number of anilines is 1. The average molecular weight is 250 g/mol. The number of hydrogen-bond acceptors (Lipinski definition) is 5. The molecular weight excluding hydrogens is 240 g/mol. The number of nitrogens with one attached hydrogen (secondary N) is 1. The number of benzene rings is 1. The second-order valence-electron chi connectivity index (χ2n) is 3.45. The molecule has 1 aromatic heterocycles. The van der Waals surface area contributed by atoms with Crippen LogP contribution in [0.15, 0.2) is 35.7 Å². The molecule has 6 heteroatoms. The van der Waals surface area contributed by atoms with Gasteiger partial charge in [0.1, 0.15) is 5.75 Å². The van der Waals surface area contributed by atoms with E-state index < -0.39 is 4.92 Å². The zero-order valence-electron chi connectivity index (χ0n) is 8.79. The molecular formula is C11H10N2O3S. The van der Waals surface area contributed by atoms with Crippen LogP contribution in [0.4, 0.5) is 10.7 Å². The van der Waals surface area contributed by atoms with Gasteiger partial charge in [-0.3, -0.25) is 10.1 Å². The summed E-state index contributed by atoms with van der Waals surface area (Å²) in [6.07, 6.45) is 0. The Kier molecular flexibility index (Phi) is 3.24. The Labute approximate surface area is 101 Å². The molecule has 0 bridgehead atoms. The van der Waals surface area contributed by atoms with Gasteiger partial charge in [-0.2, -0.15) is 0 Å². The molecule has 5 nitrogen and oxygen atoms in total. The van der Waals surface area contributed by atoms with E-state index in [4.69, 9.17) is 0 Å². The van der Waals surface area contributed by atoms with E-state index in [0.717, 1.165) is 22.6 Å². The van der Waals surface area contributed by atoms with Gasteiger partial charge in [0, 0.05) is 29.7 Å². The van der Waals surface area contributed by atoms with Crippen LogP contribution in [0.5, 0.6) is 5.75 Å². The van der Waals surface area contributed by atoms with Crippen molar-refractivity contribution in [1.29, 1.82) is 0 Å². The first-order valence-electron chi connectivity index (χ1n) is 4.90. The van der Waals surface area contributed by atoms with Crippen LogP contribution in [0.3, 0.4) is 0 Å². The molecule has 0 unspecified atom stereocenters. The van der Waals surface area contributed by atoms with Crippen LogP contribution < -0.4 is 5.32 Å². The van der Waals surface area contributed by atoms with Gasteiger partial charge >= 0.3 is 5.00 Å². The summed E-state index contributed by atoms with van der Waals surface area (Å²) in [7, 11) is 0. The summed E-state index contributed by atoms with van der Waals surface area (Å²) in [4.78, 5) is 10.1. The Bertz CT molecular complexity index is 539. The van der Waals surface area contributed by atoms with Crippen molar-refractivity contribution >= 4 is 22.0 Å². The summed E-state index contributed by atoms with van der Waals surface area (Å²) in [6, 6.07) is 8.27. The lowest BCUT2D eigenvalue weighted by molar-refractivity contribution is -0.380. The quantitative estimate of drug-likeness (QED) is 0.646. The SMILES string of the molecule is O=[N+]([O-])c1cc(CNc2cccc(O)c2)cs1. The highest BCUT2D eigenvalue weighted by molar-refractivity contribution is 7.13. The number of phenolic OH excluding ortho intramolecular Hbond substituents is 1. The van der Waals surface area contributed by atoms with Gasteiger partial charge in [0.15, 0.2) is 0 Å². The normalized spacial score (nSPS) is 10.1. The van der Waals surface area contributed by atoms with E-state index >= 15 is 0 Å². The van der Waals surface area contributed by atoms with E-state index in [0.29, 0.717) is 6.54 Å². The Morgan fingerprint density at radius 3 is 2.88 bits per heavy atom. The van der Waals surface area contributed by atoms with Gasteiger partial charge in [0.05, 0.1) is 4.92 Å². The van der Waals surface area contributed by atoms with Gasteiger partial charge in [-0.05, 0) is 17.7 Å². The predicted molar refractivity (Wildman–Crippen MR) is 66.4 cm³/mol. The number of aromatic hydroxyl groups is 1. The number of hydrogen-bond donors (Lipinski definition) is 2. The lowest BCUT2D eigenvalue weighted by atomic mass is 10.3. The van der Waals surface area contributed by atoms with Gasteiger partial charge < -0.3 is 10.4 Å². The van der Waals surface area contributed by atoms with Crippen LogP contribution in [0, 0.1) is 10.1 Å². The molecule has 0 aliphatic carbocycles. The minimum absolute atomic E-state index is 0.137. The lowest BCUT2D eigenvalue weighted by Gasteiger charge is -2.04. The van der Waals surface area contributed by atoms with Crippen LogP contribution in [-0.4, -0.2) is 10.0 Å². The molecule has 2 aromatic rings. The molecule has 0 fully saturated rings. The van der Waals surface area contributed by atoms with Crippen molar-refractivity contribution in [2.45, 2.75) is 6.54 Å². The fourth-order valence-electron chi connectivity index (χ4n) is 1.37. The van der Waals surface area contributed by atoms with Crippen LogP contribution in [0.2, 0.25) is 0 Å². The average Bonchev–Trinajstić information content (AvgIpc) is 2.75. The van der Waals surface area contributed by atoms with Gasteiger partial charge in [0.25, 0.3) is 0 Å². The first kappa shape index (κ1) is 11.4. The number of thiophene rings is 1. The number of phenols is 1. The Morgan fingerprint density at radius 2 is 2.24 bits per heavy atom. The van der Waals surface area contributed by atoms with Crippen molar-refractivity contribution < 1.29 is 10.0 Å². The van der Waals surface area contributed by atoms with Gasteiger partial charge in [-0.25, -0.2) is 0 Å². The first-order chi connectivity index (χ1) is 8.15.